The summed E-state index contributed by atoms with van der Waals surface area (Å²) in [6.45, 7) is 8.87. The Bertz CT molecular complexity index is 992. The lowest BCUT2D eigenvalue weighted by atomic mass is 10.2. The molecule has 0 spiro atoms. The molecule has 1 aromatic carbocycles. The second kappa shape index (κ2) is 8.01. The van der Waals surface area contributed by atoms with Crippen molar-refractivity contribution >= 4 is 40.2 Å². The van der Waals surface area contributed by atoms with Crippen molar-refractivity contribution in [3.05, 3.63) is 38.4 Å². The maximum absolute atomic E-state index is 13.3. The Hall–Kier alpha value is -2.03. The fraction of sp³-hybridized carbons (Fsp3) is 0.526. The first-order valence-electron chi connectivity index (χ1n) is 9.39. The number of ether oxygens (including phenoxy) is 1. The molecule has 1 aliphatic rings. The summed E-state index contributed by atoms with van der Waals surface area (Å²) in [5.41, 5.74) is 5.54. The molecule has 1 unspecified atom stereocenters. The Kier molecular flexibility index (Phi) is 5.98. The number of aromatic nitrogens is 2. The number of halogens is 2. The van der Waals surface area contributed by atoms with Gasteiger partial charge >= 0.3 is 6.09 Å². The minimum Gasteiger partial charge on any atom is -0.444 e. The second-order valence-electron chi connectivity index (χ2n) is 8.05. The van der Waals surface area contributed by atoms with Crippen molar-refractivity contribution in [3.8, 4) is 0 Å². The summed E-state index contributed by atoms with van der Waals surface area (Å²) in [6, 6.07) is 2.67. The van der Waals surface area contributed by atoms with Crippen molar-refractivity contribution in [2.75, 3.05) is 31.2 Å². The van der Waals surface area contributed by atoms with Gasteiger partial charge in [0, 0.05) is 13.1 Å². The minimum atomic E-state index is -0.564. The van der Waals surface area contributed by atoms with Gasteiger partial charge < -0.3 is 20.4 Å². The van der Waals surface area contributed by atoms with Crippen LogP contribution in [0.1, 0.15) is 39.6 Å². The van der Waals surface area contributed by atoms with E-state index in [1.54, 1.807) is 24.0 Å². The van der Waals surface area contributed by atoms with E-state index in [0.29, 0.717) is 42.5 Å². The number of benzene rings is 1. The third-order valence-electron chi connectivity index (χ3n) is 4.53. The fourth-order valence-electron chi connectivity index (χ4n) is 3.20. The molecule has 1 amide bonds. The van der Waals surface area contributed by atoms with E-state index in [1.807, 2.05) is 25.8 Å². The van der Waals surface area contributed by atoms with E-state index in [0.717, 1.165) is 0 Å². The SMILES string of the molecule is CC(N)c1nc2c(Cl)ccc(Cl)c2c(=O)n1N1CCN(C(=O)OC(C)(C)C)CC1. The molecule has 0 aliphatic carbocycles. The van der Waals surface area contributed by atoms with Gasteiger partial charge in [0.15, 0.2) is 0 Å². The highest BCUT2D eigenvalue weighted by molar-refractivity contribution is 6.39. The second-order valence-corrected chi connectivity index (χ2v) is 8.86. The summed E-state index contributed by atoms with van der Waals surface area (Å²) < 4.78 is 6.89. The number of amides is 1. The van der Waals surface area contributed by atoms with Crippen LogP contribution in [0.2, 0.25) is 10.0 Å². The van der Waals surface area contributed by atoms with Crippen LogP contribution >= 0.6 is 23.2 Å². The van der Waals surface area contributed by atoms with Gasteiger partial charge in [-0.25, -0.2) is 14.5 Å². The smallest absolute Gasteiger partial charge is 0.410 e. The Morgan fingerprint density at radius 2 is 1.76 bits per heavy atom. The maximum atomic E-state index is 13.3. The standard InChI is InChI=1S/C19H25Cl2N5O3/c1-11(22)16-23-15-13(21)6-5-12(20)14(15)17(27)26(16)25-9-7-24(8-10-25)18(28)29-19(2,3)4/h5-6,11H,7-10,22H2,1-4H3. The van der Waals surface area contributed by atoms with Gasteiger partial charge in [-0.05, 0) is 39.8 Å². The lowest BCUT2D eigenvalue weighted by molar-refractivity contribution is 0.0231. The van der Waals surface area contributed by atoms with E-state index in [1.165, 1.54) is 4.68 Å². The van der Waals surface area contributed by atoms with E-state index in [2.05, 4.69) is 4.98 Å². The molecule has 1 atom stereocenters. The van der Waals surface area contributed by atoms with E-state index in [4.69, 9.17) is 33.7 Å². The molecule has 29 heavy (non-hydrogen) atoms. The monoisotopic (exact) mass is 441 g/mol. The van der Waals surface area contributed by atoms with Crippen molar-refractivity contribution in [3.63, 3.8) is 0 Å². The summed E-state index contributed by atoms with van der Waals surface area (Å²) in [5.74, 6) is 0.386. The number of piperazine rings is 1. The van der Waals surface area contributed by atoms with E-state index < -0.39 is 11.6 Å². The number of rotatable bonds is 2. The van der Waals surface area contributed by atoms with Crippen molar-refractivity contribution in [2.45, 2.75) is 39.3 Å². The minimum absolute atomic E-state index is 0.248. The van der Waals surface area contributed by atoms with Crippen LogP contribution in [0, 0.1) is 0 Å². The van der Waals surface area contributed by atoms with Gasteiger partial charge in [0.1, 0.15) is 11.4 Å². The van der Waals surface area contributed by atoms with E-state index in [-0.39, 0.29) is 22.1 Å². The Balaban J connectivity index is 1.96. The summed E-state index contributed by atoms with van der Waals surface area (Å²) in [6.07, 6.45) is -0.372. The normalized spacial score (nSPS) is 16.2. The lowest BCUT2D eigenvalue weighted by Crippen LogP contribution is -2.57. The van der Waals surface area contributed by atoms with Gasteiger partial charge in [0.25, 0.3) is 5.56 Å². The molecule has 0 bridgehead atoms. The molecule has 8 nitrogen and oxygen atoms in total. The summed E-state index contributed by atoms with van der Waals surface area (Å²) in [4.78, 5) is 31.8. The molecule has 1 fully saturated rings. The number of carbonyl (C=O) groups is 1. The van der Waals surface area contributed by atoms with Crippen LogP contribution in [-0.4, -0.2) is 52.4 Å². The topological polar surface area (TPSA) is 93.7 Å². The van der Waals surface area contributed by atoms with Crippen LogP contribution in [0.5, 0.6) is 0 Å². The molecule has 1 saturated heterocycles. The van der Waals surface area contributed by atoms with Crippen molar-refractivity contribution in [2.24, 2.45) is 5.73 Å². The molecule has 10 heteroatoms. The first-order valence-corrected chi connectivity index (χ1v) is 10.1. The molecule has 2 N–H and O–H groups in total. The average molecular weight is 442 g/mol. The summed E-state index contributed by atoms with van der Waals surface area (Å²) in [7, 11) is 0. The number of hydrogen-bond acceptors (Lipinski definition) is 6. The summed E-state index contributed by atoms with van der Waals surface area (Å²) in [5, 5.41) is 2.69. The van der Waals surface area contributed by atoms with Crippen LogP contribution in [0.25, 0.3) is 10.9 Å². The third kappa shape index (κ3) is 4.44. The number of hydrogen-bond donors (Lipinski definition) is 1. The highest BCUT2D eigenvalue weighted by Crippen LogP contribution is 2.27. The highest BCUT2D eigenvalue weighted by atomic mass is 35.5. The van der Waals surface area contributed by atoms with Gasteiger partial charge in [-0.15, -0.1) is 0 Å². The largest absolute Gasteiger partial charge is 0.444 e. The number of nitrogens with two attached hydrogens (primary N) is 1. The molecule has 158 valence electrons. The van der Waals surface area contributed by atoms with Crippen molar-refractivity contribution in [1.29, 1.82) is 0 Å². The summed E-state index contributed by atoms with van der Waals surface area (Å²) >= 11 is 12.5. The molecule has 0 radical (unpaired) electrons. The zero-order valence-corrected chi connectivity index (χ0v) is 18.4. The quantitative estimate of drug-likeness (QED) is 0.769. The van der Waals surface area contributed by atoms with Crippen LogP contribution in [-0.2, 0) is 4.74 Å². The molecule has 3 rings (SSSR count). The van der Waals surface area contributed by atoms with Gasteiger partial charge in [-0.1, -0.05) is 23.2 Å². The van der Waals surface area contributed by atoms with Crippen molar-refractivity contribution in [1.82, 2.24) is 14.6 Å². The van der Waals surface area contributed by atoms with Crippen molar-refractivity contribution < 1.29 is 9.53 Å². The molecule has 0 saturated carbocycles. The molecular formula is C19H25Cl2N5O3. The van der Waals surface area contributed by atoms with Crippen LogP contribution < -0.4 is 16.3 Å². The fourth-order valence-corrected chi connectivity index (χ4v) is 3.63. The lowest BCUT2D eigenvalue weighted by Gasteiger charge is -2.38. The molecular weight excluding hydrogens is 417 g/mol. The molecule has 2 aromatic rings. The maximum Gasteiger partial charge on any atom is 0.410 e. The first kappa shape index (κ1) is 21.7. The van der Waals surface area contributed by atoms with E-state index >= 15 is 0 Å². The first-order chi connectivity index (χ1) is 13.5. The predicted octanol–water partition coefficient (Wildman–Crippen LogP) is 2.91. The number of carbonyl (C=O) groups excluding carboxylic acids is 1. The third-order valence-corrected chi connectivity index (χ3v) is 5.15. The molecule has 1 aromatic heterocycles. The van der Waals surface area contributed by atoms with Gasteiger partial charge in [-0.3, -0.25) is 4.79 Å². The Labute approximate surface area is 179 Å². The predicted molar refractivity (Wildman–Crippen MR) is 114 cm³/mol. The molecule has 2 heterocycles. The van der Waals surface area contributed by atoms with Gasteiger partial charge in [-0.2, -0.15) is 0 Å². The average Bonchev–Trinajstić information content (AvgIpc) is 2.63. The zero-order chi connectivity index (χ0) is 21.5. The highest BCUT2D eigenvalue weighted by Gasteiger charge is 2.28. The Morgan fingerprint density at radius 1 is 1.17 bits per heavy atom. The van der Waals surface area contributed by atoms with Crippen LogP contribution in [0.3, 0.4) is 0 Å². The molecule has 1 aliphatic heterocycles. The number of nitrogens with zero attached hydrogens (tertiary/aromatic N) is 4. The Morgan fingerprint density at radius 3 is 2.31 bits per heavy atom. The van der Waals surface area contributed by atoms with Gasteiger partial charge in [0.05, 0.1) is 40.1 Å². The van der Waals surface area contributed by atoms with E-state index in [9.17, 15) is 9.59 Å². The van der Waals surface area contributed by atoms with Gasteiger partial charge in [0.2, 0.25) is 0 Å². The zero-order valence-electron chi connectivity index (χ0n) is 16.9. The van der Waals surface area contributed by atoms with Crippen LogP contribution in [0.4, 0.5) is 4.79 Å². The van der Waals surface area contributed by atoms with Crippen LogP contribution in [0.15, 0.2) is 16.9 Å². The number of fused-ring (bicyclic) bond motifs is 1.